The van der Waals surface area contributed by atoms with Gasteiger partial charge in [0, 0.05) is 48.0 Å². The molecule has 0 aliphatic rings. The zero-order chi connectivity index (χ0) is 20.1. The summed E-state index contributed by atoms with van der Waals surface area (Å²) in [6.45, 7) is 9.27. The molecule has 0 saturated carbocycles. The Morgan fingerprint density at radius 2 is 1.86 bits per heavy atom. The monoisotopic (exact) mass is 377 g/mol. The molecular weight excluding hydrogens is 350 g/mol. The second-order valence-corrected chi connectivity index (χ2v) is 7.22. The van der Waals surface area contributed by atoms with Crippen LogP contribution in [0, 0.1) is 6.92 Å². The Kier molecular flexibility index (Phi) is 6.21. The van der Waals surface area contributed by atoms with E-state index in [-0.39, 0.29) is 11.9 Å². The van der Waals surface area contributed by atoms with E-state index in [2.05, 4.69) is 48.4 Å². The molecule has 1 atom stereocenters. The molecule has 28 heavy (non-hydrogen) atoms. The van der Waals surface area contributed by atoms with Crippen LogP contribution in [0.15, 0.2) is 55.0 Å². The van der Waals surface area contributed by atoms with Crippen molar-refractivity contribution < 1.29 is 4.79 Å². The van der Waals surface area contributed by atoms with E-state index in [0.29, 0.717) is 11.6 Å². The molecule has 2 aromatic heterocycles. The Morgan fingerprint density at radius 3 is 2.46 bits per heavy atom. The molecule has 0 unspecified atom stereocenters. The van der Waals surface area contributed by atoms with Gasteiger partial charge in [-0.15, -0.1) is 0 Å². The van der Waals surface area contributed by atoms with Gasteiger partial charge in [0.1, 0.15) is 0 Å². The lowest BCUT2D eigenvalue weighted by molar-refractivity contribution is 0.102. The van der Waals surface area contributed by atoms with Crippen LogP contribution >= 0.6 is 0 Å². The summed E-state index contributed by atoms with van der Waals surface area (Å²) in [4.78, 5) is 16.2. The van der Waals surface area contributed by atoms with Gasteiger partial charge in [-0.1, -0.05) is 12.1 Å². The predicted molar refractivity (Wildman–Crippen MR) is 111 cm³/mol. The molecule has 1 amide bonds. The quantitative estimate of drug-likeness (QED) is 0.645. The lowest BCUT2D eigenvalue weighted by Gasteiger charge is -2.15. The maximum atomic E-state index is 12.2. The van der Waals surface area contributed by atoms with Gasteiger partial charge in [-0.25, -0.2) is 0 Å². The topological polar surface area (TPSA) is 71.8 Å². The van der Waals surface area contributed by atoms with Gasteiger partial charge in [-0.2, -0.15) is 5.10 Å². The number of carbonyl (C=O) groups is 1. The van der Waals surface area contributed by atoms with E-state index >= 15 is 0 Å². The van der Waals surface area contributed by atoms with Crippen LogP contribution in [0.4, 0.5) is 5.69 Å². The highest BCUT2D eigenvalue weighted by Gasteiger charge is 2.14. The Bertz CT molecular complexity index is 916. The first-order chi connectivity index (χ1) is 13.5. The maximum absolute atomic E-state index is 12.2. The zero-order valence-corrected chi connectivity index (χ0v) is 16.8. The number of pyridine rings is 1. The van der Waals surface area contributed by atoms with Crippen molar-refractivity contribution in [2.24, 2.45) is 0 Å². The molecule has 0 aliphatic carbocycles. The smallest absolute Gasteiger partial charge is 0.257 e. The molecule has 6 heteroatoms. The molecule has 0 bridgehead atoms. The zero-order valence-electron chi connectivity index (χ0n) is 16.8. The third-order valence-corrected chi connectivity index (χ3v) is 4.79. The minimum atomic E-state index is -0.162. The van der Waals surface area contributed by atoms with Crippen molar-refractivity contribution in [2.75, 3.05) is 5.32 Å². The maximum Gasteiger partial charge on any atom is 0.257 e. The van der Waals surface area contributed by atoms with Crippen LogP contribution in [-0.2, 0) is 6.54 Å². The van der Waals surface area contributed by atoms with Gasteiger partial charge in [0.15, 0.2) is 0 Å². The number of benzene rings is 1. The molecule has 0 aliphatic heterocycles. The average molecular weight is 377 g/mol. The van der Waals surface area contributed by atoms with Crippen molar-refractivity contribution in [2.45, 2.75) is 46.3 Å². The van der Waals surface area contributed by atoms with Crippen molar-refractivity contribution in [3.63, 3.8) is 0 Å². The normalized spacial score (nSPS) is 12.2. The van der Waals surface area contributed by atoms with Gasteiger partial charge < -0.3 is 10.6 Å². The summed E-state index contributed by atoms with van der Waals surface area (Å²) in [5, 5.41) is 10.9. The van der Waals surface area contributed by atoms with E-state index in [0.717, 1.165) is 17.8 Å². The number of anilines is 1. The van der Waals surface area contributed by atoms with Crippen LogP contribution in [0.1, 0.15) is 60.0 Å². The molecule has 2 heterocycles. The van der Waals surface area contributed by atoms with Crippen molar-refractivity contribution in [1.29, 1.82) is 0 Å². The summed E-state index contributed by atoms with van der Waals surface area (Å²) in [6.07, 6.45) is 5.15. The van der Waals surface area contributed by atoms with Crippen LogP contribution in [0.3, 0.4) is 0 Å². The number of aromatic nitrogens is 3. The fourth-order valence-electron chi connectivity index (χ4n) is 3.17. The molecule has 3 aromatic rings. The Hall–Kier alpha value is -2.99. The van der Waals surface area contributed by atoms with E-state index in [1.807, 2.05) is 35.1 Å². The van der Waals surface area contributed by atoms with Gasteiger partial charge in [-0.05, 0) is 57.5 Å². The second-order valence-electron chi connectivity index (χ2n) is 7.22. The predicted octanol–water partition coefficient (Wildman–Crippen LogP) is 4.27. The number of rotatable bonds is 7. The molecule has 6 nitrogen and oxygen atoms in total. The summed E-state index contributed by atoms with van der Waals surface area (Å²) >= 11 is 0. The largest absolute Gasteiger partial charge is 0.322 e. The van der Waals surface area contributed by atoms with E-state index < -0.39 is 0 Å². The number of hydrogen-bond donors (Lipinski definition) is 2. The molecule has 1 aromatic carbocycles. The minimum absolute atomic E-state index is 0.162. The Labute approximate surface area is 166 Å². The van der Waals surface area contributed by atoms with Crippen molar-refractivity contribution in [1.82, 2.24) is 20.1 Å². The highest BCUT2D eigenvalue weighted by atomic mass is 16.1. The minimum Gasteiger partial charge on any atom is -0.322 e. The standard InChI is InChI=1S/C22H27N5O/c1-15(2)27-17(4)21(14-25-27)16(3)24-12-18-7-9-20(10-8-18)26-22(28)19-6-5-11-23-13-19/h5-11,13-16,24H,12H2,1-4H3,(H,26,28)/t16-/m0/s1. The SMILES string of the molecule is Cc1c([C@H](C)NCc2ccc(NC(=O)c3cccnc3)cc2)cnn1C(C)C. The number of nitrogens with one attached hydrogen (secondary N) is 2. The summed E-state index contributed by atoms with van der Waals surface area (Å²) < 4.78 is 2.05. The second kappa shape index (κ2) is 8.80. The lowest BCUT2D eigenvalue weighted by atomic mass is 10.1. The summed E-state index contributed by atoms with van der Waals surface area (Å²) in [5.74, 6) is -0.162. The van der Waals surface area contributed by atoms with Crippen LogP contribution in [-0.4, -0.2) is 20.7 Å². The van der Waals surface area contributed by atoms with E-state index in [1.165, 1.54) is 11.3 Å². The Morgan fingerprint density at radius 1 is 1.11 bits per heavy atom. The third-order valence-electron chi connectivity index (χ3n) is 4.79. The molecular formula is C22H27N5O. The van der Waals surface area contributed by atoms with Gasteiger partial charge in [0.25, 0.3) is 5.91 Å². The van der Waals surface area contributed by atoms with Crippen LogP contribution in [0.5, 0.6) is 0 Å². The van der Waals surface area contributed by atoms with Crippen LogP contribution in [0.2, 0.25) is 0 Å². The van der Waals surface area contributed by atoms with Gasteiger partial charge >= 0.3 is 0 Å². The van der Waals surface area contributed by atoms with Crippen LogP contribution < -0.4 is 10.6 Å². The molecule has 0 fully saturated rings. The van der Waals surface area contributed by atoms with Gasteiger partial charge in [0.2, 0.25) is 0 Å². The van der Waals surface area contributed by atoms with Crippen molar-refractivity contribution in [3.05, 3.63) is 77.4 Å². The molecule has 3 rings (SSSR count). The third kappa shape index (κ3) is 4.64. The fraction of sp³-hybridized carbons (Fsp3) is 0.318. The highest BCUT2D eigenvalue weighted by molar-refractivity contribution is 6.03. The van der Waals surface area contributed by atoms with Crippen molar-refractivity contribution in [3.8, 4) is 0 Å². The summed E-state index contributed by atoms with van der Waals surface area (Å²) in [6, 6.07) is 11.9. The summed E-state index contributed by atoms with van der Waals surface area (Å²) in [7, 11) is 0. The first-order valence-electron chi connectivity index (χ1n) is 9.53. The molecule has 0 saturated heterocycles. The summed E-state index contributed by atoms with van der Waals surface area (Å²) in [5.41, 5.74) is 4.87. The lowest BCUT2D eigenvalue weighted by Crippen LogP contribution is -2.19. The van der Waals surface area contributed by atoms with E-state index in [9.17, 15) is 4.79 Å². The molecule has 0 radical (unpaired) electrons. The number of amides is 1. The van der Waals surface area contributed by atoms with Crippen molar-refractivity contribution >= 4 is 11.6 Å². The fourth-order valence-corrected chi connectivity index (χ4v) is 3.17. The first kappa shape index (κ1) is 19.8. The first-order valence-corrected chi connectivity index (χ1v) is 9.53. The average Bonchev–Trinajstić information content (AvgIpc) is 3.09. The van der Waals surface area contributed by atoms with E-state index in [4.69, 9.17) is 0 Å². The molecule has 146 valence electrons. The Balaban J connectivity index is 1.56. The van der Waals surface area contributed by atoms with E-state index in [1.54, 1.807) is 24.5 Å². The molecule has 0 spiro atoms. The number of hydrogen-bond acceptors (Lipinski definition) is 4. The van der Waals surface area contributed by atoms with Gasteiger partial charge in [0.05, 0.1) is 11.8 Å². The number of nitrogens with zero attached hydrogens (tertiary/aromatic N) is 3. The molecule has 2 N–H and O–H groups in total. The number of carbonyl (C=O) groups excluding carboxylic acids is 1. The van der Waals surface area contributed by atoms with Crippen LogP contribution in [0.25, 0.3) is 0 Å². The highest BCUT2D eigenvalue weighted by Crippen LogP contribution is 2.20. The van der Waals surface area contributed by atoms with Gasteiger partial charge in [-0.3, -0.25) is 14.5 Å².